The van der Waals surface area contributed by atoms with Gasteiger partial charge in [0.05, 0.1) is 18.2 Å². The number of amides is 2. The van der Waals surface area contributed by atoms with E-state index in [2.05, 4.69) is 5.32 Å². The number of aromatic carboxylic acids is 1. The molecule has 0 aliphatic carbocycles. The molecule has 2 aliphatic heterocycles. The fourth-order valence-electron chi connectivity index (χ4n) is 4.00. The molecule has 2 amide bonds. The van der Waals surface area contributed by atoms with Crippen molar-refractivity contribution in [2.75, 3.05) is 19.5 Å². The van der Waals surface area contributed by atoms with Crippen molar-refractivity contribution in [3.05, 3.63) is 76.5 Å². The third-order valence-corrected chi connectivity index (χ3v) is 7.25. The van der Waals surface area contributed by atoms with Gasteiger partial charge < -0.3 is 24.6 Å². The number of β-lactam (4-membered cyclic amide) rings is 1. The van der Waals surface area contributed by atoms with E-state index >= 15 is 0 Å². The van der Waals surface area contributed by atoms with E-state index in [1.54, 1.807) is 24.3 Å². The second-order valence-electron chi connectivity index (χ2n) is 8.37. The van der Waals surface area contributed by atoms with Crippen molar-refractivity contribution in [1.29, 1.82) is 0 Å². The number of methoxy groups -OCH3 is 1. The lowest BCUT2D eigenvalue weighted by atomic mass is 10.0. The third kappa shape index (κ3) is 5.49. The Morgan fingerprint density at radius 2 is 1.71 bits per heavy atom. The Morgan fingerprint density at radius 3 is 2.34 bits per heavy atom. The summed E-state index contributed by atoms with van der Waals surface area (Å²) in [6.45, 7) is 0.963. The van der Waals surface area contributed by atoms with Crippen molar-refractivity contribution in [3.8, 4) is 5.75 Å². The maximum atomic E-state index is 13.2. The van der Waals surface area contributed by atoms with E-state index in [4.69, 9.17) is 14.2 Å². The van der Waals surface area contributed by atoms with Gasteiger partial charge in [0.1, 0.15) is 36.1 Å². The van der Waals surface area contributed by atoms with Gasteiger partial charge in [-0.05, 0) is 29.8 Å². The number of nitrogens with one attached hydrogen (secondary N) is 1. The highest BCUT2D eigenvalue weighted by atomic mass is 32.2. The van der Waals surface area contributed by atoms with E-state index in [0.717, 1.165) is 0 Å². The van der Waals surface area contributed by atoms with Crippen molar-refractivity contribution < 1.29 is 43.3 Å². The molecule has 0 radical (unpaired) electrons. The van der Waals surface area contributed by atoms with Crippen molar-refractivity contribution in [2.45, 2.75) is 24.9 Å². The molecule has 1 unspecified atom stereocenters. The smallest absolute Gasteiger partial charge is 0.355 e. The van der Waals surface area contributed by atoms with Gasteiger partial charge in [0.2, 0.25) is 0 Å². The van der Waals surface area contributed by atoms with Gasteiger partial charge in [-0.15, -0.1) is 11.8 Å². The summed E-state index contributed by atoms with van der Waals surface area (Å²) in [4.78, 5) is 63.2. The minimum atomic E-state index is -1.27. The Bertz CT molecular complexity index is 1320. The first-order valence-electron chi connectivity index (χ1n) is 11.4. The molecular weight excluding hydrogens is 516 g/mol. The van der Waals surface area contributed by atoms with Crippen LogP contribution < -0.4 is 10.1 Å². The molecule has 2 atom stereocenters. The maximum absolute atomic E-state index is 13.2. The zero-order valence-corrected chi connectivity index (χ0v) is 21.3. The number of fused-ring (bicyclic) bond motifs is 1. The van der Waals surface area contributed by atoms with Crippen LogP contribution in [0.2, 0.25) is 0 Å². The van der Waals surface area contributed by atoms with Crippen LogP contribution >= 0.6 is 11.8 Å². The van der Waals surface area contributed by atoms with Crippen LogP contribution in [0.4, 0.5) is 0 Å². The van der Waals surface area contributed by atoms with Crippen LogP contribution in [0.1, 0.15) is 33.2 Å². The monoisotopic (exact) mass is 540 g/mol. The van der Waals surface area contributed by atoms with Crippen molar-refractivity contribution in [1.82, 2.24) is 10.2 Å². The summed E-state index contributed by atoms with van der Waals surface area (Å²) in [7, 11) is 1.54. The Balaban J connectivity index is 1.52. The summed E-state index contributed by atoms with van der Waals surface area (Å²) in [6, 6.07) is 11.6. The fraction of sp³-hybridized carbons (Fsp3) is 0.269. The topological polar surface area (TPSA) is 149 Å². The Kier molecular flexibility index (Phi) is 8.01. The van der Waals surface area contributed by atoms with E-state index < -0.39 is 41.1 Å². The molecule has 38 heavy (non-hydrogen) atoms. The number of benzene rings is 2. The van der Waals surface area contributed by atoms with E-state index in [1.807, 2.05) is 0 Å². The van der Waals surface area contributed by atoms with Crippen LogP contribution in [0.5, 0.6) is 5.75 Å². The second kappa shape index (κ2) is 11.4. The van der Waals surface area contributed by atoms with Crippen LogP contribution in [0.3, 0.4) is 0 Å². The van der Waals surface area contributed by atoms with Crippen LogP contribution in [0.25, 0.3) is 0 Å². The van der Waals surface area contributed by atoms with Crippen LogP contribution in [-0.2, 0) is 30.5 Å². The Morgan fingerprint density at radius 1 is 1.03 bits per heavy atom. The summed E-state index contributed by atoms with van der Waals surface area (Å²) < 4.78 is 15.7. The molecule has 12 heteroatoms. The molecule has 0 bridgehead atoms. The van der Waals surface area contributed by atoms with E-state index in [0.29, 0.717) is 16.9 Å². The zero-order chi connectivity index (χ0) is 27.4. The summed E-state index contributed by atoms with van der Waals surface area (Å²) in [5, 5.41) is 11.3. The van der Waals surface area contributed by atoms with E-state index in [-0.39, 0.29) is 35.8 Å². The number of carboxylic acid groups (broad SMARTS) is 1. The van der Waals surface area contributed by atoms with Gasteiger partial charge in [0, 0.05) is 18.2 Å². The normalized spacial score (nSPS) is 18.2. The number of carbonyl (C=O) groups excluding carboxylic acids is 4. The van der Waals surface area contributed by atoms with Crippen LogP contribution in [0, 0.1) is 0 Å². The Labute approximate surface area is 221 Å². The Hall–Kier alpha value is -4.32. The van der Waals surface area contributed by atoms with Gasteiger partial charge in [0.15, 0.2) is 0 Å². The van der Waals surface area contributed by atoms with Crippen LogP contribution in [0.15, 0.2) is 59.8 Å². The van der Waals surface area contributed by atoms with Crippen LogP contribution in [-0.4, -0.2) is 70.6 Å². The minimum absolute atomic E-state index is 0.0371. The number of carboxylic acids is 1. The molecule has 0 spiro atoms. The number of esters is 2. The van der Waals surface area contributed by atoms with Gasteiger partial charge in [-0.2, -0.15) is 0 Å². The maximum Gasteiger partial charge on any atom is 0.355 e. The first-order valence-corrected chi connectivity index (χ1v) is 12.5. The average molecular weight is 541 g/mol. The number of thioether (sulfide) groups is 1. The zero-order valence-electron chi connectivity index (χ0n) is 20.5. The van der Waals surface area contributed by atoms with Gasteiger partial charge in [-0.3, -0.25) is 19.3 Å². The van der Waals surface area contributed by atoms with Crippen molar-refractivity contribution in [3.63, 3.8) is 0 Å². The highest BCUT2D eigenvalue weighted by Crippen LogP contribution is 2.41. The third-order valence-electron chi connectivity index (χ3n) is 5.91. The predicted molar refractivity (Wildman–Crippen MR) is 134 cm³/mol. The fourth-order valence-corrected chi connectivity index (χ4v) is 5.32. The molecule has 2 heterocycles. The standard InChI is InChI=1S/C26H24N2O9S/c1-14(29)36-12-16-13-38-24-20(27-22(30)18-5-3-4-6-19(18)25(32)33)23(31)28(24)21(16)26(34)37-11-15-7-9-17(35-2)10-8-15/h3-10,20,24H,11-13H2,1-2H3,(H,27,30)(H,32,33)/t20?,24-/m0/s1. The summed E-state index contributed by atoms with van der Waals surface area (Å²) in [6.07, 6.45) is 0. The average Bonchev–Trinajstić information content (AvgIpc) is 2.92. The van der Waals surface area contributed by atoms with Crippen molar-refractivity contribution >= 4 is 41.5 Å². The summed E-state index contributed by atoms with van der Waals surface area (Å²) >= 11 is 1.28. The molecule has 2 aromatic rings. The summed E-state index contributed by atoms with van der Waals surface area (Å²) in [5.41, 5.74) is 0.772. The van der Waals surface area contributed by atoms with Gasteiger partial charge >= 0.3 is 17.9 Å². The second-order valence-corrected chi connectivity index (χ2v) is 9.47. The number of rotatable bonds is 9. The SMILES string of the molecule is COc1ccc(COC(=O)C2=C(COC(C)=O)CS[C@H]3C(NC(=O)c4ccccc4C(=O)O)C(=O)N23)cc1. The molecule has 4 rings (SSSR count). The molecule has 1 saturated heterocycles. The highest BCUT2D eigenvalue weighted by molar-refractivity contribution is 8.00. The van der Waals surface area contributed by atoms with Gasteiger partial charge in [-0.25, -0.2) is 9.59 Å². The lowest BCUT2D eigenvalue weighted by Gasteiger charge is -2.49. The van der Waals surface area contributed by atoms with Gasteiger partial charge in [-0.1, -0.05) is 24.3 Å². The lowest BCUT2D eigenvalue weighted by Crippen LogP contribution is -2.70. The molecule has 2 N–H and O–H groups in total. The number of hydrogen-bond donors (Lipinski definition) is 2. The molecule has 198 valence electrons. The molecular formula is C26H24N2O9S. The molecule has 0 aromatic heterocycles. The molecule has 1 fully saturated rings. The minimum Gasteiger partial charge on any atom is -0.497 e. The summed E-state index contributed by atoms with van der Waals surface area (Å²) in [5.74, 6) is -3.00. The van der Waals surface area contributed by atoms with Crippen molar-refractivity contribution in [2.24, 2.45) is 0 Å². The number of hydrogen-bond acceptors (Lipinski definition) is 9. The molecule has 0 saturated carbocycles. The molecule has 11 nitrogen and oxygen atoms in total. The van der Waals surface area contributed by atoms with E-state index in [1.165, 1.54) is 55.0 Å². The first-order chi connectivity index (χ1) is 18.2. The number of ether oxygens (including phenoxy) is 3. The largest absolute Gasteiger partial charge is 0.497 e. The predicted octanol–water partition coefficient (Wildman–Crippen LogP) is 1.97. The number of nitrogens with zero attached hydrogens (tertiary/aromatic N) is 1. The first kappa shape index (κ1) is 26.7. The van der Waals surface area contributed by atoms with E-state index in [9.17, 15) is 29.1 Å². The van der Waals surface area contributed by atoms with Gasteiger partial charge in [0.25, 0.3) is 11.8 Å². The lowest BCUT2D eigenvalue weighted by molar-refractivity contribution is -0.152. The number of carbonyl (C=O) groups is 5. The molecule has 2 aromatic carbocycles. The molecule has 2 aliphatic rings. The highest BCUT2D eigenvalue weighted by Gasteiger charge is 2.54. The quantitative estimate of drug-likeness (QED) is 0.357.